The van der Waals surface area contributed by atoms with Gasteiger partial charge in [-0.3, -0.25) is 4.18 Å². The van der Waals surface area contributed by atoms with Crippen LogP contribution in [0.5, 0.6) is 0 Å². The second kappa shape index (κ2) is 5.19. The Balaban J connectivity index is 3.00. The third kappa shape index (κ3) is 4.14. The highest BCUT2D eigenvalue weighted by atomic mass is 35.5. The second-order valence-electron chi connectivity index (χ2n) is 3.22. The fourth-order valence-corrected chi connectivity index (χ4v) is 1.99. The normalized spacial score (nSPS) is 14.0. The lowest BCUT2D eigenvalue weighted by atomic mass is 10.2. The molecule has 1 unspecified atom stereocenters. The lowest BCUT2D eigenvalue weighted by Gasteiger charge is -2.12. The summed E-state index contributed by atoms with van der Waals surface area (Å²) in [5.74, 6) is -0.717. The largest absolute Gasteiger partial charge is 0.297 e. The molecule has 1 heterocycles. The van der Waals surface area contributed by atoms with Crippen molar-refractivity contribution in [2.45, 2.75) is 19.5 Å². The van der Waals surface area contributed by atoms with Gasteiger partial charge in [-0.1, -0.05) is 11.6 Å². The Hall–Kier alpha value is -0.860. The molecule has 17 heavy (non-hydrogen) atoms. The molecule has 96 valence electrons. The summed E-state index contributed by atoms with van der Waals surface area (Å²) in [5, 5.41) is -0.258. The summed E-state index contributed by atoms with van der Waals surface area (Å²) in [4.78, 5) is 6.72. The summed E-state index contributed by atoms with van der Waals surface area (Å²) in [7, 11) is -3.68. The lowest BCUT2D eigenvalue weighted by Crippen LogP contribution is -2.09. The van der Waals surface area contributed by atoms with Crippen molar-refractivity contribution >= 4 is 21.7 Å². The van der Waals surface area contributed by atoms with Crippen LogP contribution in [0, 0.1) is 0 Å². The maximum Gasteiger partial charge on any atom is 0.297 e. The monoisotopic (exact) mass is 286 g/mol. The predicted molar refractivity (Wildman–Crippen MR) is 56.3 cm³/mol. The number of hydrogen-bond acceptors (Lipinski definition) is 5. The fourth-order valence-electron chi connectivity index (χ4n) is 1.07. The zero-order chi connectivity index (χ0) is 13.2. The van der Waals surface area contributed by atoms with E-state index in [4.69, 9.17) is 11.6 Å². The molecule has 1 aromatic heterocycles. The first-order chi connectivity index (χ1) is 7.70. The van der Waals surface area contributed by atoms with Gasteiger partial charge < -0.3 is 0 Å². The van der Waals surface area contributed by atoms with Crippen molar-refractivity contribution in [2.75, 3.05) is 6.26 Å². The summed E-state index contributed by atoms with van der Waals surface area (Å²) in [6.07, 6.45) is -1.89. The van der Waals surface area contributed by atoms with Gasteiger partial charge in [0.1, 0.15) is 11.3 Å². The molecular weight excluding hydrogens is 278 g/mol. The highest BCUT2D eigenvalue weighted by Crippen LogP contribution is 2.26. The molecule has 0 aliphatic carbocycles. The van der Waals surface area contributed by atoms with Gasteiger partial charge in [-0.2, -0.15) is 8.42 Å². The van der Waals surface area contributed by atoms with Crippen molar-refractivity contribution in [2.24, 2.45) is 0 Å². The SMILES string of the molecule is CC(OS(C)(=O)=O)c1cnc(C(F)F)nc1Cl. The van der Waals surface area contributed by atoms with Crippen LogP contribution in [0.4, 0.5) is 8.78 Å². The molecule has 0 amide bonds. The maximum absolute atomic E-state index is 12.2. The lowest BCUT2D eigenvalue weighted by molar-refractivity contribution is 0.140. The van der Waals surface area contributed by atoms with Gasteiger partial charge in [0.25, 0.3) is 16.5 Å². The number of aromatic nitrogens is 2. The van der Waals surface area contributed by atoms with E-state index in [0.29, 0.717) is 0 Å². The van der Waals surface area contributed by atoms with Crippen LogP contribution in [-0.2, 0) is 14.3 Å². The molecule has 0 saturated heterocycles. The second-order valence-corrected chi connectivity index (χ2v) is 5.18. The van der Waals surface area contributed by atoms with E-state index in [2.05, 4.69) is 14.2 Å². The standard InChI is InChI=1S/C8H9ClF2N2O3S/c1-4(16-17(2,14)15)5-3-12-8(7(10)11)13-6(5)9/h3-4,7H,1-2H3. The molecule has 0 aliphatic heterocycles. The molecule has 0 aliphatic rings. The quantitative estimate of drug-likeness (QED) is 0.626. The van der Waals surface area contributed by atoms with Crippen molar-refractivity contribution < 1.29 is 21.4 Å². The highest BCUT2D eigenvalue weighted by Gasteiger charge is 2.19. The Morgan fingerprint density at radius 2 is 2.06 bits per heavy atom. The van der Waals surface area contributed by atoms with Crippen LogP contribution >= 0.6 is 11.6 Å². The van der Waals surface area contributed by atoms with E-state index in [0.717, 1.165) is 12.5 Å². The van der Waals surface area contributed by atoms with Gasteiger partial charge in [0, 0.05) is 11.8 Å². The zero-order valence-electron chi connectivity index (χ0n) is 8.89. The molecule has 0 saturated carbocycles. The van der Waals surface area contributed by atoms with E-state index < -0.39 is 28.5 Å². The number of alkyl halides is 2. The van der Waals surface area contributed by atoms with E-state index in [1.807, 2.05) is 0 Å². The topological polar surface area (TPSA) is 69.2 Å². The predicted octanol–water partition coefficient (Wildman–Crippen LogP) is 2.10. The molecule has 0 fully saturated rings. The zero-order valence-corrected chi connectivity index (χ0v) is 10.5. The van der Waals surface area contributed by atoms with Crippen LogP contribution in [0.3, 0.4) is 0 Å². The van der Waals surface area contributed by atoms with E-state index in [1.54, 1.807) is 0 Å². The molecule has 5 nitrogen and oxygen atoms in total. The van der Waals surface area contributed by atoms with Crippen LogP contribution in [0.2, 0.25) is 5.15 Å². The minimum atomic E-state index is -3.68. The van der Waals surface area contributed by atoms with Crippen LogP contribution in [0.25, 0.3) is 0 Å². The highest BCUT2D eigenvalue weighted by molar-refractivity contribution is 7.86. The Morgan fingerprint density at radius 3 is 2.47 bits per heavy atom. The summed E-state index contributed by atoms with van der Waals surface area (Å²) in [5.41, 5.74) is 0.126. The minimum Gasteiger partial charge on any atom is -0.262 e. The molecule has 0 radical (unpaired) electrons. The summed E-state index contributed by atoms with van der Waals surface area (Å²) < 4.78 is 50.9. The van der Waals surface area contributed by atoms with Crippen LogP contribution < -0.4 is 0 Å². The molecule has 9 heteroatoms. The fraction of sp³-hybridized carbons (Fsp3) is 0.500. The third-order valence-electron chi connectivity index (χ3n) is 1.74. The van der Waals surface area contributed by atoms with Gasteiger partial charge in [-0.05, 0) is 6.92 Å². The van der Waals surface area contributed by atoms with E-state index in [1.165, 1.54) is 6.92 Å². The van der Waals surface area contributed by atoms with Gasteiger partial charge in [-0.15, -0.1) is 0 Å². The molecule has 0 N–H and O–H groups in total. The minimum absolute atomic E-state index is 0.126. The average molecular weight is 287 g/mol. The van der Waals surface area contributed by atoms with Crippen molar-refractivity contribution in [1.82, 2.24) is 9.97 Å². The number of hydrogen-bond donors (Lipinski definition) is 0. The average Bonchev–Trinajstić information content (AvgIpc) is 2.14. The summed E-state index contributed by atoms with van der Waals surface area (Å²) >= 11 is 5.64. The van der Waals surface area contributed by atoms with Gasteiger partial charge in [0.2, 0.25) is 0 Å². The van der Waals surface area contributed by atoms with E-state index in [-0.39, 0.29) is 10.7 Å². The number of nitrogens with zero attached hydrogens (tertiary/aromatic N) is 2. The Bertz CT molecular complexity index is 509. The molecular formula is C8H9ClF2N2O3S. The first-order valence-corrected chi connectivity index (χ1v) is 6.59. The number of halogens is 3. The van der Waals surface area contributed by atoms with Crippen LogP contribution in [0.15, 0.2) is 6.20 Å². The Labute approximate surface area is 102 Å². The Kier molecular flexibility index (Phi) is 4.34. The maximum atomic E-state index is 12.2. The first-order valence-electron chi connectivity index (χ1n) is 4.39. The van der Waals surface area contributed by atoms with Crippen molar-refractivity contribution in [3.05, 3.63) is 22.7 Å². The van der Waals surface area contributed by atoms with E-state index in [9.17, 15) is 17.2 Å². The smallest absolute Gasteiger partial charge is 0.262 e. The Morgan fingerprint density at radius 1 is 1.47 bits per heavy atom. The van der Waals surface area contributed by atoms with Gasteiger partial charge >= 0.3 is 0 Å². The van der Waals surface area contributed by atoms with Gasteiger partial charge in [0.15, 0.2) is 5.82 Å². The van der Waals surface area contributed by atoms with Gasteiger partial charge in [-0.25, -0.2) is 18.7 Å². The molecule has 0 spiro atoms. The van der Waals surface area contributed by atoms with Gasteiger partial charge in [0.05, 0.1) is 6.26 Å². The van der Waals surface area contributed by atoms with E-state index >= 15 is 0 Å². The number of rotatable bonds is 4. The first kappa shape index (κ1) is 14.2. The molecule has 1 atom stereocenters. The molecule has 0 bridgehead atoms. The molecule has 1 rings (SSSR count). The summed E-state index contributed by atoms with van der Waals surface area (Å²) in [6.45, 7) is 1.40. The van der Waals surface area contributed by atoms with Crippen molar-refractivity contribution in [1.29, 1.82) is 0 Å². The van der Waals surface area contributed by atoms with Crippen LogP contribution in [0.1, 0.15) is 30.8 Å². The molecule has 0 aromatic carbocycles. The summed E-state index contributed by atoms with van der Waals surface area (Å²) in [6, 6.07) is 0. The van der Waals surface area contributed by atoms with Crippen molar-refractivity contribution in [3.63, 3.8) is 0 Å². The molecule has 1 aromatic rings. The third-order valence-corrected chi connectivity index (χ3v) is 2.68. The van der Waals surface area contributed by atoms with Crippen molar-refractivity contribution in [3.8, 4) is 0 Å². The van der Waals surface area contributed by atoms with Crippen LogP contribution in [-0.4, -0.2) is 24.6 Å².